The van der Waals surface area contributed by atoms with E-state index in [0.717, 1.165) is 20.7 Å². The lowest BCUT2D eigenvalue weighted by atomic mass is 10.1. The van der Waals surface area contributed by atoms with E-state index in [1.54, 1.807) is 22.7 Å². The molecule has 1 N–H and O–H groups in total. The molecular weight excluding hydrogens is 288 g/mol. The summed E-state index contributed by atoms with van der Waals surface area (Å²) in [6.45, 7) is 2.00. The SMILES string of the molecule is CNC(c1ccccc1)c1nnc(-c2csc(C)n2)s1. The summed E-state index contributed by atoms with van der Waals surface area (Å²) in [5, 5.41) is 16.8. The standard InChI is InChI=1S/C14H14N4S2/c1-9-16-11(8-19-9)13-17-18-14(20-13)12(15-2)10-6-4-3-5-7-10/h3-8,12,15H,1-2H3. The number of nitrogens with one attached hydrogen (secondary N) is 1. The van der Waals surface area contributed by atoms with Crippen molar-refractivity contribution in [2.24, 2.45) is 0 Å². The van der Waals surface area contributed by atoms with Crippen LogP contribution in [0.3, 0.4) is 0 Å². The zero-order valence-electron chi connectivity index (χ0n) is 11.2. The third-order valence-corrected chi connectivity index (χ3v) is 4.73. The smallest absolute Gasteiger partial charge is 0.167 e. The average molecular weight is 302 g/mol. The van der Waals surface area contributed by atoms with E-state index in [1.807, 2.05) is 37.6 Å². The highest BCUT2D eigenvalue weighted by molar-refractivity contribution is 7.15. The first-order chi connectivity index (χ1) is 9.78. The predicted octanol–water partition coefficient (Wildman–Crippen LogP) is 3.28. The molecule has 20 heavy (non-hydrogen) atoms. The van der Waals surface area contributed by atoms with Gasteiger partial charge in [0, 0.05) is 5.38 Å². The van der Waals surface area contributed by atoms with Crippen LogP contribution in [0.25, 0.3) is 10.7 Å². The van der Waals surface area contributed by atoms with Crippen LogP contribution in [-0.2, 0) is 0 Å². The van der Waals surface area contributed by atoms with E-state index in [0.29, 0.717) is 0 Å². The minimum absolute atomic E-state index is 0.0715. The zero-order valence-corrected chi connectivity index (χ0v) is 12.8. The summed E-state index contributed by atoms with van der Waals surface area (Å²) in [7, 11) is 1.94. The quantitative estimate of drug-likeness (QED) is 0.803. The number of hydrogen-bond donors (Lipinski definition) is 1. The number of aromatic nitrogens is 3. The van der Waals surface area contributed by atoms with Gasteiger partial charge in [-0.15, -0.1) is 21.5 Å². The van der Waals surface area contributed by atoms with Crippen molar-refractivity contribution < 1.29 is 0 Å². The number of nitrogens with zero attached hydrogens (tertiary/aromatic N) is 3. The van der Waals surface area contributed by atoms with E-state index < -0.39 is 0 Å². The molecule has 3 rings (SSSR count). The van der Waals surface area contributed by atoms with Crippen LogP contribution in [0.15, 0.2) is 35.7 Å². The van der Waals surface area contributed by atoms with Crippen LogP contribution in [0.1, 0.15) is 21.6 Å². The fourth-order valence-corrected chi connectivity index (χ4v) is 3.61. The fourth-order valence-electron chi connectivity index (χ4n) is 1.99. The Morgan fingerprint density at radius 3 is 2.60 bits per heavy atom. The Bertz CT molecular complexity index is 690. The van der Waals surface area contributed by atoms with E-state index in [-0.39, 0.29) is 6.04 Å². The summed E-state index contributed by atoms with van der Waals surface area (Å²) < 4.78 is 0. The lowest BCUT2D eigenvalue weighted by Gasteiger charge is -2.12. The van der Waals surface area contributed by atoms with Crippen molar-refractivity contribution in [3.05, 3.63) is 51.3 Å². The molecule has 0 amide bonds. The number of benzene rings is 1. The Kier molecular flexibility index (Phi) is 3.86. The third-order valence-electron chi connectivity index (χ3n) is 2.95. The van der Waals surface area contributed by atoms with Crippen LogP contribution in [0.5, 0.6) is 0 Å². The molecule has 0 radical (unpaired) electrons. The average Bonchev–Trinajstić information content (AvgIpc) is 3.10. The predicted molar refractivity (Wildman–Crippen MR) is 83.1 cm³/mol. The summed E-state index contributed by atoms with van der Waals surface area (Å²) in [6.07, 6.45) is 0. The summed E-state index contributed by atoms with van der Waals surface area (Å²) in [6, 6.07) is 10.3. The van der Waals surface area contributed by atoms with Crippen LogP contribution in [0, 0.1) is 6.92 Å². The van der Waals surface area contributed by atoms with E-state index in [4.69, 9.17) is 0 Å². The number of hydrogen-bond acceptors (Lipinski definition) is 6. The minimum atomic E-state index is 0.0715. The number of aryl methyl sites for hydroxylation is 1. The highest BCUT2D eigenvalue weighted by Gasteiger charge is 2.18. The van der Waals surface area contributed by atoms with Gasteiger partial charge in [-0.2, -0.15) is 0 Å². The summed E-state index contributed by atoms with van der Waals surface area (Å²) >= 11 is 3.22. The normalized spacial score (nSPS) is 12.5. The van der Waals surface area contributed by atoms with Gasteiger partial charge in [0.2, 0.25) is 0 Å². The van der Waals surface area contributed by atoms with Crippen molar-refractivity contribution in [3.8, 4) is 10.7 Å². The summed E-state index contributed by atoms with van der Waals surface area (Å²) in [5.41, 5.74) is 2.10. The monoisotopic (exact) mass is 302 g/mol. The van der Waals surface area contributed by atoms with Crippen molar-refractivity contribution in [3.63, 3.8) is 0 Å². The van der Waals surface area contributed by atoms with Crippen LogP contribution >= 0.6 is 22.7 Å². The molecule has 0 aliphatic heterocycles. The molecule has 0 saturated carbocycles. The van der Waals surface area contributed by atoms with E-state index >= 15 is 0 Å². The second-order valence-corrected chi connectivity index (χ2v) is 6.40. The van der Waals surface area contributed by atoms with Gasteiger partial charge in [0.25, 0.3) is 0 Å². The molecule has 0 fully saturated rings. The van der Waals surface area contributed by atoms with Crippen molar-refractivity contribution in [2.75, 3.05) is 7.05 Å². The minimum Gasteiger partial charge on any atom is -0.307 e. The van der Waals surface area contributed by atoms with E-state index in [1.165, 1.54) is 5.56 Å². The topological polar surface area (TPSA) is 50.7 Å². The number of rotatable bonds is 4. The van der Waals surface area contributed by atoms with Gasteiger partial charge in [-0.1, -0.05) is 41.7 Å². The maximum Gasteiger partial charge on any atom is 0.167 e. The Hall–Kier alpha value is -1.63. The van der Waals surface area contributed by atoms with Crippen molar-refractivity contribution in [1.29, 1.82) is 0 Å². The second kappa shape index (κ2) is 5.78. The maximum absolute atomic E-state index is 4.46. The Morgan fingerprint density at radius 1 is 1.15 bits per heavy atom. The molecule has 4 nitrogen and oxygen atoms in total. The van der Waals surface area contributed by atoms with Crippen LogP contribution in [-0.4, -0.2) is 22.2 Å². The molecule has 1 unspecified atom stereocenters. The Labute approximate surface area is 125 Å². The Morgan fingerprint density at radius 2 is 1.95 bits per heavy atom. The van der Waals surface area contributed by atoms with Gasteiger partial charge >= 0.3 is 0 Å². The van der Waals surface area contributed by atoms with Gasteiger partial charge in [0.05, 0.1) is 11.0 Å². The molecular formula is C14H14N4S2. The molecule has 0 aliphatic carbocycles. The summed E-state index contributed by atoms with van der Waals surface area (Å²) in [4.78, 5) is 4.46. The van der Waals surface area contributed by atoms with E-state index in [2.05, 4.69) is 32.6 Å². The second-order valence-electron chi connectivity index (χ2n) is 4.33. The maximum atomic E-state index is 4.46. The first-order valence-electron chi connectivity index (χ1n) is 6.26. The lowest BCUT2D eigenvalue weighted by molar-refractivity contribution is 0.678. The van der Waals surface area contributed by atoms with Crippen molar-refractivity contribution in [2.45, 2.75) is 13.0 Å². The van der Waals surface area contributed by atoms with Crippen molar-refractivity contribution in [1.82, 2.24) is 20.5 Å². The number of thiazole rings is 1. The molecule has 0 bridgehead atoms. The summed E-state index contributed by atoms with van der Waals surface area (Å²) in [5.74, 6) is 0. The highest BCUT2D eigenvalue weighted by Crippen LogP contribution is 2.30. The molecule has 3 aromatic rings. The van der Waals surface area contributed by atoms with Gasteiger partial charge in [0.1, 0.15) is 10.7 Å². The molecule has 1 aromatic carbocycles. The van der Waals surface area contributed by atoms with Gasteiger partial charge in [0.15, 0.2) is 5.01 Å². The third kappa shape index (κ3) is 2.63. The first-order valence-corrected chi connectivity index (χ1v) is 7.95. The van der Waals surface area contributed by atoms with Crippen molar-refractivity contribution >= 4 is 22.7 Å². The molecule has 102 valence electrons. The van der Waals surface area contributed by atoms with Gasteiger partial charge in [-0.25, -0.2) is 4.98 Å². The van der Waals surface area contributed by atoms with Gasteiger partial charge in [-0.05, 0) is 19.5 Å². The zero-order chi connectivity index (χ0) is 13.9. The molecule has 2 heterocycles. The molecule has 0 aliphatic rings. The fraction of sp³-hybridized carbons (Fsp3) is 0.214. The van der Waals surface area contributed by atoms with E-state index in [9.17, 15) is 0 Å². The van der Waals surface area contributed by atoms with Crippen LogP contribution in [0.4, 0.5) is 0 Å². The van der Waals surface area contributed by atoms with Crippen LogP contribution < -0.4 is 5.32 Å². The largest absolute Gasteiger partial charge is 0.307 e. The molecule has 0 saturated heterocycles. The first kappa shape index (κ1) is 13.4. The van der Waals surface area contributed by atoms with Gasteiger partial charge in [-0.3, -0.25) is 0 Å². The lowest BCUT2D eigenvalue weighted by Crippen LogP contribution is -2.17. The molecule has 0 spiro atoms. The van der Waals surface area contributed by atoms with Crippen LogP contribution in [0.2, 0.25) is 0 Å². The molecule has 2 aromatic heterocycles. The molecule has 6 heteroatoms. The highest BCUT2D eigenvalue weighted by atomic mass is 32.1. The Balaban J connectivity index is 1.92. The van der Waals surface area contributed by atoms with Gasteiger partial charge < -0.3 is 5.32 Å². The molecule has 1 atom stereocenters.